The van der Waals surface area contributed by atoms with E-state index in [9.17, 15) is 10.2 Å². The van der Waals surface area contributed by atoms with Gasteiger partial charge in [-0.1, -0.05) is 31.8 Å². The minimum atomic E-state index is -2.31. The van der Waals surface area contributed by atoms with Gasteiger partial charge in [0.2, 0.25) is 0 Å². The van der Waals surface area contributed by atoms with Crippen LogP contribution in [-0.4, -0.2) is 62.3 Å². The summed E-state index contributed by atoms with van der Waals surface area (Å²) in [5.41, 5.74) is 1.87. The third-order valence-electron chi connectivity index (χ3n) is 10.2. The summed E-state index contributed by atoms with van der Waals surface area (Å²) in [4.78, 5) is 2.44. The van der Waals surface area contributed by atoms with Crippen LogP contribution in [0.4, 0.5) is 0 Å². The Kier molecular flexibility index (Phi) is 3.78. The average molecular weight is 492 g/mol. The second kappa shape index (κ2) is 6.07. The quantitative estimate of drug-likeness (QED) is 0.385. The van der Waals surface area contributed by atoms with Crippen molar-refractivity contribution in [3.05, 3.63) is 58.7 Å². The second-order valence-electron chi connectivity index (χ2n) is 12.0. The first-order valence-electron chi connectivity index (χ1n) is 12.5. The van der Waals surface area contributed by atoms with Gasteiger partial charge < -0.3 is 29.3 Å². The maximum Gasteiger partial charge on any atom is 0.165 e. The lowest BCUT2D eigenvalue weighted by molar-refractivity contribution is -0.175. The van der Waals surface area contributed by atoms with E-state index in [2.05, 4.69) is 49.8 Å². The van der Waals surface area contributed by atoms with Crippen LogP contribution >= 0.6 is 0 Å². The lowest BCUT2D eigenvalue weighted by Gasteiger charge is -2.75. The highest BCUT2D eigenvalue weighted by Gasteiger charge is 2.88. The summed E-state index contributed by atoms with van der Waals surface area (Å²) in [6, 6.07) is 7.57. The van der Waals surface area contributed by atoms with Gasteiger partial charge in [-0.15, -0.1) is 0 Å². The van der Waals surface area contributed by atoms with Crippen molar-refractivity contribution in [3.63, 3.8) is 0 Å². The molecule has 184 valence electrons. The second-order valence-corrected chi connectivity index (χ2v) is 17.2. The van der Waals surface area contributed by atoms with E-state index in [1.165, 1.54) is 11.1 Å². The largest absolute Gasteiger partial charge is 0.508 e. The van der Waals surface area contributed by atoms with Crippen LogP contribution in [0.5, 0.6) is 23.0 Å². The highest BCUT2D eigenvalue weighted by atomic mass is 28.3. The maximum atomic E-state index is 11.6. The van der Waals surface area contributed by atoms with E-state index in [0.717, 1.165) is 36.4 Å². The Hall–Kier alpha value is -2.48. The number of likely N-dealkylation sites (N-methyl/N-ethyl adjacent to an activating group) is 1. The number of hydrogen-bond donors (Lipinski definition) is 2. The Morgan fingerprint density at radius 1 is 1.00 bits per heavy atom. The van der Waals surface area contributed by atoms with Crippen molar-refractivity contribution in [3.8, 4) is 23.0 Å². The van der Waals surface area contributed by atoms with Crippen molar-refractivity contribution in [2.75, 3.05) is 27.8 Å². The van der Waals surface area contributed by atoms with E-state index < -0.39 is 29.7 Å². The Morgan fingerprint density at radius 2 is 1.71 bits per heavy atom. The molecule has 2 aromatic rings. The van der Waals surface area contributed by atoms with Gasteiger partial charge in [0.25, 0.3) is 0 Å². The molecule has 2 heterocycles. The van der Waals surface area contributed by atoms with Crippen LogP contribution in [0.2, 0.25) is 19.6 Å². The lowest BCUT2D eigenvalue weighted by atomic mass is 9.37. The normalized spacial score (nSPS) is 37.6. The first kappa shape index (κ1) is 21.8. The first-order valence-corrected chi connectivity index (χ1v) is 16.0. The molecule has 0 aromatic heterocycles. The van der Waals surface area contributed by atoms with Crippen molar-refractivity contribution in [2.45, 2.75) is 60.2 Å². The van der Waals surface area contributed by atoms with Gasteiger partial charge in [0.15, 0.2) is 17.1 Å². The van der Waals surface area contributed by atoms with Crippen molar-refractivity contribution in [2.24, 2.45) is 0 Å². The molecule has 4 aliphatic carbocycles. The number of likely N-dealkylation sites (tertiary alicyclic amines) is 1. The fourth-order valence-corrected chi connectivity index (χ4v) is 12.9. The van der Waals surface area contributed by atoms with Crippen molar-refractivity contribution < 1.29 is 24.4 Å². The molecule has 1 saturated heterocycles. The predicted molar refractivity (Wildman–Crippen MR) is 135 cm³/mol. The SMILES string of the molecule is COc1ccc2c3c1O[C@]1([Si](C)(C)C)[C@]34CCN(C)[C@H](C2)[C@]42C=C[C@@]1(OC)c1c(O)ccc(O)c12. The molecule has 0 unspecified atom stereocenters. The number of benzene rings is 2. The molecule has 35 heavy (non-hydrogen) atoms. The molecule has 6 aliphatic rings. The van der Waals surface area contributed by atoms with Crippen LogP contribution < -0.4 is 9.47 Å². The molecule has 5 atom stereocenters. The number of ether oxygens (including phenoxy) is 3. The monoisotopic (exact) mass is 491 g/mol. The number of phenols is 2. The van der Waals surface area contributed by atoms with Crippen molar-refractivity contribution >= 4 is 8.07 Å². The Bertz CT molecular complexity index is 1350. The zero-order valence-electron chi connectivity index (χ0n) is 21.2. The summed E-state index contributed by atoms with van der Waals surface area (Å²) in [5, 5.41) is 22.3. The fourth-order valence-electron chi connectivity index (χ4n) is 9.36. The van der Waals surface area contributed by atoms with Crippen LogP contribution in [0.25, 0.3) is 0 Å². The summed E-state index contributed by atoms with van der Waals surface area (Å²) in [7, 11) is 3.29. The van der Waals surface area contributed by atoms with Crippen LogP contribution in [-0.2, 0) is 27.6 Å². The summed E-state index contributed by atoms with van der Waals surface area (Å²) < 4.78 is 19.9. The number of aromatic hydroxyl groups is 2. The summed E-state index contributed by atoms with van der Waals surface area (Å²) >= 11 is 0. The fraction of sp³-hybridized carbons (Fsp3) is 0.500. The Morgan fingerprint density at radius 3 is 2.37 bits per heavy atom. The molecule has 7 heteroatoms. The Balaban J connectivity index is 1.79. The molecule has 0 saturated carbocycles. The highest BCUT2D eigenvalue weighted by Crippen LogP contribution is 2.80. The van der Waals surface area contributed by atoms with E-state index >= 15 is 0 Å². The smallest absolute Gasteiger partial charge is 0.165 e. The number of piperidine rings is 1. The van der Waals surface area contributed by atoms with Gasteiger partial charge in [0, 0.05) is 35.3 Å². The number of hydrogen-bond acceptors (Lipinski definition) is 6. The van der Waals surface area contributed by atoms with Crippen LogP contribution in [0.3, 0.4) is 0 Å². The van der Waals surface area contributed by atoms with Gasteiger partial charge in [-0.2, -0.15) is 0 Å². The molecule has 0 amide bonds. The lowest BCUT2D eigenvalue weighted by Crippen LogP contribution is -2.88. The summed E-state index contributed by atoms with van der Waals surface area (Å²) in [5.74, 6) is 1.92. The molecule has 2 spiro atoms. The van der Waals surface area contributed by atoms with Crippen LogP contribution in [0.15, 0.2) is 36.4 Å². The third kappa shape index (κ3) is 1.83. The number of methoxy groups -OCH3 is 2. The molecule has 0 radical (unpaired) electrons. The zero-order valence-corrected chi connectivity index (χ0v) is 22.2. The standard InChI is InChI=1S/C28H33NO5Si/c1-29-14-13-26-21-16-7-10-19(32-2)24(21)34-28(26,35(4,5)6)27(33-3)12-11-25(26,20(29)15-16)22-17(30)8-9-18(31)23(22)27/h7-12,20,30-31H,13-15H2,1-6H3/t20-,25+,26-,27-,28+/m1/s1. The van der Waals surface area contributed by atoms with Gasteiger partial charge in [0.05, 0.1) is 12.5 Å². The van der Waals surface area contributed by atoms with Gasteiger partial charge in [-0.25, -0.2) is 0 Å². The van der Waals surface area contributed by atoms with Gasteiger partial charge >= 0.3 is 0 Å². The maximum absolute atomic E-state index is 11.6. The molecular weight excluding hydrogens is 458 g/mol. The van der Waals surface area contributed by atoms with E-state index in [4.69, 9.17) is 14.2 Å². The minimum absolute atomic E-state index is 0.0975. The van der Waals surface area contributed by atoms with E-state index in [1.807, 2.05) is 6.07 Å². The van der Waals surface area contributed by atoms with Crippen molar-refractivity contribution in [1.29, 1.82) is 0 Å². The van der Waals surface area contributed by atoms with E-state index in [-0.39, 0.29) is 17.5 Å². The minimum Gasteiger partial charge on any atom is -0.508 e. The predicted octanol–water partition coefficient (Wildman–Crippen LogP) is 3.98. The average Bonchev–Trinajstić information content (AvgIpc) is 3.17. The number of rotatable bonds is 3. The number of nitrogens with zero attached hydrogens (tertiary/aromatic N) is 1. The van der Waals surface area contributed by atoms with Gasteiger partial charge in [0.1, 0.15) is 24.8 Å². The molecule has 2 N–H and O–H groups in total. The molecule has 8 rings (SSSR count). The summed E-state index contributed by atoms with van der Waals surface area (Å²) in [6.45, 7) is 7.97. The van der Waals surface area contributed by atoms with Crippen LogP contribution in [0, 0.1) is 0 Å². The molecular formula is C28H33NO5Si. The van der Waals surface area contributed by atoms with Gasteiger partial charge in [-0.3, -0.25) is 0 Å². The van der Waals surface area contributed by atoms with E-state index in [1.54, 1.807) is 26.4 Å². The molecule has 2 aliphatic heterocycles. The summed E-state index contributed by atoms with van der Waals surface area (Å²) in [6.07, 6.45) is 6.15. The third-order valence-corrected chi connectivity index (χ3v) is 13.2. The molecule has 2 aromatic carbocycles. The first-order chi connectivity index (χ1) is 16.6. The van der Waals surface area contributed by atoms with Crippen LogP contribution in [0.1, 0.15) is 28.7 Å². The highest BCUT2D eigenvalue weighted by molar-refractivity contribution is 6.80. The Labute approximate surface area is 207 Å². The molecule has 1 fully saturated rings. The van der Waals surface area contributed by atoms with E-state index in [0.29, 0.717) is 5.56 Å². The molecule has 6 nitrogen and oxygen atoms in total. The van der Waals surface area contributed by atoms with Crippen molar-refractivity contribution in [1.82, 2.24) is 4.90 Å². The zero-order chi connectivity index (χ0) is 24.8. The molecule has 4 bridgehead atoms. The topological polar surface area (TPSA) is 71.4 Å². The number of phenolic OH excluding ortho intramolecular Hbond substituents is 2. The van der Waals surface area contributed by atoms with Gasteiger partial charge in [-0.05, 0) is 56.3 Å².